The van der Waals surface area contributed by atoms with Gasteiger partial charge in [0.15, 0.2) is 5.15 Å². The van der Waals surface area contributed by atoms with E-state index in [9.17, 15) is 4.79 Å². The Morgan fingerprint density at radius 2 is 2.46 bits per heavy atom. The first-order valence-electron chi connectivity index (χ1n) is 3.85. The molecule has 5 heteroatoms. The molecule has 0 saturated heterocycles. The summed E-state index contributed by atoms with van der Waals surface area (Å²) in [5.41, 5.74) is 0.634. The molecule has 0 atom stereocenters. The molecule has 0 aliphatic rings. The van der Waals surface area contributed by atoms with Crippen molar-refractivity contribution in [3.8, 4) is 0 Å². The van der Waals surface area contributed by atoms with Gasteiger partial charge in [-0.15, -0.1) is 5.10 Å². The molecule has 1 aromatic heterocycles. The number of hydrogen-bond acceptors (Lipinski definition) is 4. The van der Waals surface area contributed by atoms with Crippen molar-refractivity contribution < 1.29 is 9.53 Å². The van der Waals surface area contributed by atoms with E-state index in [0.29, 0.717) is 12.2 Å². The van der Waals surface area contributed by atoms with Gasteiger partial charge in [0.05, 0.1) is 13.0 Å². The number of ether oxygens (including phenoxy) is 1. The Morgan fingerprint density at radius 1 is 1.69 bits per heavy atom. The van der Waals surface area contributed by atoms with Crippen LogP contribution < -0.4 is 0 Å². The molecule has 0 radical (unpaired) electrons. The van der Waals surface area contributed by atoms with Crippen LogP contribution in [0.5, 0.6) is 0 Å². The van der Waals surface area contributed by atoms with Crippen molar-refractivity contribution in [3.63, 3.8) is 0 Å². The average Bonchev–Trinajstić information content (AvgIpc) is 2.09. The zero-order valence-corrected chi connectivity index (χ0v) is 7.91. The summed E-state index contributed by atoms with van der Waals surface area (Å²) in [6.07, 6.45) is 1.63. The highest BCUT2D eigenvalue weighted by Gasteiger charge is 2.07. The molecule has 0 fully saturated rings. The maximum atomic E-state index is 11.0. The van der Waals surface area contributed by atoms with Crippen molar-refractivity contribution in [1.29, 1.82) is 0 Å². The van der Waals surface area contributed by atoms with E-state index in [2.05, 4.69) is 10.2 Å². The second-order valence-corrected chi connectivity index (χ2v) is 2.69. The molecule has 0 amide bonds. The normalized spacial score (nSPS) is 9.69. The van der Waals surface area contributed by atoms with Crippen molar-refractivity contribution in [3.05, 3.63) is 23.0 Å². The predicted octanol–water partition coefficient (Wildman–Crippen LogP) is 1.24. The van der Waals surface area contributed by atoms with Crippen LogP contribution in [0.4, 0.5) is 0 Å². The predicted molar refractivity (Wildman–Crippen MR) is 47.4 cm³/mol. The Hall–Kier alpha value is -1.16. The van der Waals surface area contributed by atoms with E-state index < -0.39 is 0 Å². The Kier molecular flexibility index (Phi) is 3.64. The molecule has 4 nitrogen and oxygen atoms in total. The summed E-state index contributed by atoms with van der Waals surface area (Å²) in [5, 5.41) is 7.41. The molecule has 0 aliphatic carbocycles. The molecular formula is C8H9ClN2O2. The molecule has 0 aromatic carbocycles. The van der Waals surface area contributed by atoms with Crippen molar-refractivity contribution in [2.75, 3.05) is 6.61 Å². The summed E-state index contributed by atoms with van der Waals surface area (Å²) >= 11 is 5.69. The molecular weight excluding hydrogens is 192 g/mol. The second kappa shape index (κ2) is 4.77. The Balaban J connectivity index is 2.63. The number of halogens is 1. The molecule has 0 unspecified atom stereocenters. The Labute approximate surface area is 80.9 Å². The van der Waals surface area contributed by atoms with Gasteiger partial charge in [0.25, 0.3) is 0 Å². The van der Waals surface area contributed by atoms with E-state index in [-0.39, 0.29) is 17.5 Å². The van der Waals surface area contributed by atoms with E-state index in [4.69, 9.17) is 16.3 Å². The fourth-order valence-corrected chi connectivity index (χ4v) is 1.01. The van der Waals surface area contributed by atoms with Gasteiger partial charge in [-0.05, 0) is 13.0 Å². The number of carbonyl (C=O) groups excluding carboxylic acids is 1. The number of aromatic nitrogens is 2. The number of esters is 1. The third-order valence-corrected chi connectivity index (χ3v) is 1.71. The minimum atomic E-state index is -0.308. The number of nitrogens with zero attached hydrogens (tertiary/aromatic N) is 2. The summed E-state index contributed by atoms with van der Waals surface area (Å²) in [6.45, 7) is 2.12. The lowest BCUT2D eigenvalue weighted by Crippen LogP contribution is -2.08. The molecule has 0 aliphatic heterocycles. The molecule has 70 valence electrons. The molecule has 0 spiro atoms. The molecule has 1 rings (SSSR count). The maximum Gasteiger partial charge on any atom is 0.310 e. The lowest BCUT2D eigenvalue weighted by molar-refractivity contribution is -0.142. The summed E-state index contributed by atoms with van der Waals surface area (Å²) in [4.78, 5) is 11.0. The first kappa shape index (κ1) is 9.92. The van der Waals surface area contributed by atoms with Crippen LogP contribution in [-0.4, -0.2) is 22.8 Å². The van der Waals surface area contributed by atoms with Gasteiger partial charge in [0.2, 0.25) is 0 Å². The van der Waals surface area contributed by atoms with Gasteiger partial charge >= 0.3 is 5.97 Å². The maximum absolute atomic E-state index is 11.0. The summed E-state index contributed by atoms with van der Waals surface area (Å²) in [7, 11) is 0. The summed E-state index contributed by atoms with van der Waals surface area (Å²) in [6, 6.07) is 1.65. The van der Waals surface area contributed by atoms with Gasteiger partial charge < -0.3 is 4.74 Å². The Bertz CT molecular complexity index is 304. The first-order chi connectivity index (χ1) is 6.24. The van der Waals surface area contributed by atoms with Crippen molar-refractivity contribution >= 4 is 17.6 Å². The minimum absolute atomic E-state index is 0.141. The van der Waals surface area contributed by atoms with E-state index in [1.807, 2.05) is 0 Å². The topological polar surface area (TPSA) is 52.1 Å². The van der Waals surface area contributed by atoms with Crippen LogP contribution in [0.1, 0.15) is 12.5 Å². The van der Waals surface area contributed by atoms with Crippen LogP contribution in [0.15, 0.2) is 12.3 Å². The Morgan fingerprint density at radius 3 is 3.08 bits per heavy atom. The number of carbonyl (C=O) groups is 1. The highest BCUT2D eigenvalue weighted by Crippen LogP contribution is 2.11. The lowest BCUT2D eigenvalue weighted by Gasteiger charge is -2.01. The molecule has 13 heavy (non-hydrogen) atoms. The lowest BCUT2D eigenvalue weighted by atomic mass is 10.2. The van der Waals surface area contributed by atoms with Gasteiger partial charge in [0, 0.05) is 11.8 Å². The molecule has 1 heterocycles. The average molecular weight is 201 g/mol. The minimum Gasteiger partial charge on any atom is -0.466 e. The fourth-order valence-electron chi connectivity index (χ4n) is 0.840. The largest absolute Gasteiger partial charge is 0.466 e. The van der Waals surface area contributed by atoms with Crippen LogP contribution in [-0.2, 0) is 16.0 Å². The fraction of sp³-hybridized carbons (Fsp3) is 0.375. The SMILES string of the molecule is CCOC(=O)Cc1ccnnc1Cl. The van der Waals surface area contributed by atoms with E-state index in [1.54, 1.807) is 13.0 Å². The third-order valence-electron chi connectivity index (χ3n) is 1.39. The van der Waals surface area contributed by atoms with Crippen LogP contribution >= 0.6 is 11.6 Å². The van der Waals surface area contributed by atoms with Gasteiger partial charge in [-0.3, -0.25) is 4.79 Å². The van der Waals surface area contributed by atoms with Gasteiger partial charge in [-0.2, -0.15) is 5.10 Å². The van der Waals surface area contributed by atoms with Crippen molar-refractivity contribution in [2.45, 2.75) is 13.3 Å². The zero-order chi connectivity index (χ0) is 9.68. The number of rotatable bonds is 3. The van der Waals surface area contributed by atoms with Crippen LogP contribution in [0.3, 0.4) is 0 Å². The van der Waals surface area contributed by atoms with E-state index in [1.165, 1.54) is 6.20 Å². The second-order valence-electron chi connectivity index (χ2n) is 2.33. The van der Waals surface area contributed by atoms with E-state index >= 15 is 0 Å². The standard InChI is InChI=1S/C8H9ClN2O2/c1-2-13-7(12)5-6-3-4-10-11-8(6)9/h3-4H,2,5H2,1H3. The first-order valence-corrected chi connectivity index (χ1v) is 4.23. The molecule has 0 bridgehead atoms. The summed E-state index contributed by atoms with van der Waals surface area (Å²) < 4.78 is 4.76. The molecule has 0 saturated carbocycles. The van der Waals surface area contributed by atoms with Gasteiger partial charge in [0.1, 0.15) is 0 Å². The molecule has 0 N–H and O–H groups in total. The number of hydrogen-bond donors (Lipinski definition) is 0. The monoisotopic (exact) mass is 200 g/mol. The highest BCUT2D eigenvalue weighted by molar-refractivity contribution is 6.30. The van der Waals surface area contributed by atoms with E-state index in [0.717, 1.165) is 0 Å². The highest BCUT2D eigenvalue weighted by atomic mass is 35.5. The van der Waals surface area contributed by atoms with Gasteiger partial charge in [-0.1, -0.05) is 11.6 Å². The zero-order valence-electron chi connectivity index (χ0n) is 7.16. The van der Waals surface area contributed by atoms with Gasteiger partial charge in [-0.25, -0.2) is 0 Å². The van der Waals surface area contributed by atoms with Crippen molar-refractivity contribution in [2.24, 2.45) is 0 Å². The smallest absolute Gasteiger partial charge is 0.310 e. The van der Waals surface area contributed by atoms with Crippen LogP contribution in [0, 0.1) is 0 Å². The van der Waals surface area contributed by atoms with Crippen LogP contribution in [0.2, 0.25) is 5.15 Å². The van der Waals surface area contributed by atoms with Crippen LogP contribution in [0.25, 0.3) is 0 Å². The molecule has 1 aromatic rings. The summed E-state index contributed by atoms with van der Waals surface area (Å²) in [5.74, 6) is -0.308. The quantitative estimate of drug-likeness (QED) is 0.689. The third kappa shape index (κ3) is 2.99. The van der Waals surface area contributed by atoms with Crippen molar-refractivity contribution in [1.82, 2.24) is 10.2 Å².